The number of amides is 1. The molecule has 1 aliphatic rings. The summed E-state index contributed by atoms with van der Waals surface area (Å²) in [6, 6.07) is 5.87. The summed E-state index contributed by atoms with van der Waals surface area (Å²) in [4.78, 5) is 21.0. The Hall–Kier alpha value is -2.28. The quantitative estimate of drug-likeness (QED) is 0.793. The van der Waals surface area contributed by atoms with Crippen molar-refractivity contribution in [2.24, 2.45) is 0 Å². The number of rotatable bonds is 6. The number of unbranched alkanes of at least 4 members (excludes halogenated alkanes) is 1. The molecule has 6 nitrogen and oxygen atoms in total. The first-order chi connectivity index (χ1) is 12.7. The van der Waals surface area contributed by atoms with E-state index in [2.05, 4.69) is 22.0 Å². The van der Waals surface area contributed by atoms with E-state index in [1.165, 1.54) is 12.1 Å². The van der Waals surface area contributed by atoms with Gasteiger partial charge in [0.2, 0.25) is 5.89 Å². The van der Waals surface area contributed by atoms with E-state index in [1.807, 2.05) is 0 Å². The Morgan fingerprint density at radius 3 is 2.96 bits per heavy atom. The van der Waals surface area contributed by atoms with E-state index in [9.17, 15) is 9.18 Å². The molecule has 2 heterocycles. The van der Waals surface area contributed by atoms with Gasteiger partial charge >= 0.3 is 0 Å². The molecule has 1 saturated heterocycles. The van der Waals surface area contributed by atoms with Crippen molar-refractivity contribution < 1.29 is 13.7 Å². The van der Waals surface area contributed by atoms with E-state index in [1.54, 1.807) is 17.0 Å². The lowest BCUT2D eigenvalue weighted by Crippen LogP contribution is -2.35. The Morgan fingerprint density at radius 1 is 1.27 bits per heavy atom. The molecule has 1 amide bonds. The number of hydrogen-bond donors (Lipinski definition) is 0. The Bertz CT molecular complexity index is 734. The maximum absolute atomic E-state index is 13.4. The maximum atomic E-state index is 13.4. The molecule has 1 aliphatic heterocycles. The number of carbonyl (C=O) groups is 1. The Labute approximate surface area is 153 Å². The third-order valence-electron chi connectivity index (χ3n) is 4.57. The zero-order chi connectivity index (χ0) is 18.4. The lowest BCUT2D eigenvalue weighted by Gasteiger charge is -2.21. The molecule has 140 valence electrons. The molecule has 0 atom stereocenters. The number of aromatic nitrogens is 2. The van der Waals surface area contributed by atoms with Crippen LogP contribution in [0.1, 0.15) is 48.3 Å². The van der Waals surface area contributed by atoms with E-state index < -0.39 is 0 Å². The van der Waals surface area contributed by atoms with E-state index in [0.717, 1.165) is 44.6 Å². The molecule has 0 bridgehead atoms. The van der Waals surface area contributed by atoms with Crippen LogP contribution in [0.5, 0.6) is 0 Å². The minimum absolute atomic E-state index is 0.119. The normalized spacial score (nSPS) is 15.8. The van der Waals surface area contributed by atoms with Gasteiger partial charge in [0.25, 0.3) is 5.91 Å². The van der Waals surface area contributed by atoms with Gasteiger partial charge in [-0.1, -0.05) is 24.6 Å². The first-order valence-corrected chi connectivity index (χ1v) is 9.24. The average Bonchev–Trinajstić information content (AvgIpc) is 2.95. The Morgan fingerprint density at radius 2 is 2.15 bits per heavy atom. The van der Waals surface area contributed by atoms with Crippen LogP contribution in [0.15, 0.2) is 28.8 Å². The summed E-state index contributed by atoms with van der Waals surface area (Å²) in [5.74, 6) is 0.883. The van der Waals surface area contributed by atoms with Crippen LogP contribution in [-0.4, -0.2) is 52.0 Å². The predicted octanol–water partition coefficient (Wildman–Crippen LogP) is 2.90. The lowest BCUT2D eigenvalue weighted by molar-refractivity contribution is 0.0760. The van der Waals surface area contributed by atoms with Crippen LogP contribution in [0, 0.1) is 5.82 Å². The highest BCUT2D eigenvalue weighted by Gasteiger charge is 2.21. The van der Waals surface area contributed by atoms with Gasteiger partial charge in [-0.15, -0.1) is 0 Å². The highest BCUT2D eigenvalue weighted by Crippen LogP contribution is 2.13. The van der Waals surface area contributed by atoms with Crippen LogP contribution in [0.3, 0.4) is 0 Å². The summed E-state index contributed by atoms with van der Waals surface area (Å²) >= 11 is 0. The molecule has 1 aromatic carbocycles. The zero-order valence-electron chi connectivity index (χ0n) is 15.2. The molecule has 7 heteroatoms. The maximum Gasteiger partial charge on any atom is 0.254 e. The highest BCUT2D eigenvalue weighted by atomic mass is 19.1. The molecule has 3 rings (SSSR count). The Kier molecular flexibility index (Phi) is 6.33. The molecule has 0 spiro atoms. The number of carbonyl (C=O) groups excluding carboxylic acids is 1. The Balaban J connectivity index is 1.54. The second-order valence-corrected chi connectivity index (χ2v) is 6.64. The molecule has 1 fully saturated rings. The largest absolute Gasteiger partial charge is 0.338 e. The minimum Gasteiger partial charge on any atom is -0.338 e. The van der Waals surface area contributed by atoms with Gasteiger partial charge < -0.3 is 9.42 Å². The fourth-order valence-electron chi connectivity index (χ4n) is 3.12. The van der Waals surface area contributed by atoms with Crippen LogP contribution in [0.4, 0.5) is 4.39 Å². The summed E-state index contributed by atoms with van der Waals surface area (Å²) in [6.07, 6.45) is 3.86. The van der Waals surface area contributed by atoms with Gasteiger partial charge in [-0.25, -0.2) is 4.39 Å². The molecule has 2 aromatic rings. The lowest BCUT2D eigenvalue weighted by atomic mass is 10.2. The van der Waals surface area contributed by atoms with Crippen molar-refractivity contribution >= 4 is 5.91 Å². The number of halogens is 1. The van der Waals surface area contributed by atoms with E-state index in [4.69, 9.17) is 4.52 Å². The van der Waals surface area contributed by atoms with Gasteiger partial charge in [-0.05, 0) is 31.0 Å². The fraction of sp³-hybridized carbons (Fsp3) is 0.526. The fourth-order valence-corrected chi connectivity index (χ4v) is 3.12. The molecule has 0 N–H and O–H groups in total. The summed E-state index contributed by atoms with van der Waals surface area (Å²) in [5, 5.41) is 4.02. The molecule has 1 aromatic heterocycles. The second kappa shape index (κ2) is 8.89. The first kappa shape index (κ1) is 18.5. The van der Waals surface area contributed by atoms with Crippen molar-refractivity contribution in [3.8, 4) is 0 Å². The van der Waals surface area contributed by atoms with Gasteiger partial charge in [-0.2, -0.15) is 4.98 Å². The average molecular weight is 360 g/mol. The van der Waals surface area contributed by atoms with Crippen molar-refractivity contribution in [3.63, 3.8) is 0 Å². The monoisotopic (exact) mass is 360 g/mol. The summed E-state index contributed by atoms with van der Waals surface area (Å²) in [6.45, 7) is 5.59. The predicted molar refractivity (Wildman–Crippen MR) is 95.1 cm³/mol. The molecular formula is C19H25FN4O2. The number of aryl methyl sites for hydroxylation is 1. The van der Waals surface area contributed by atoms with Crippen molar-refractivity contribution in [3.05, 3.63) is 47.4 Å². The van der Waals surface area contributed by atoms with Gasteiger partial charge in [0.15, 0.2) is 5.82 Å². The molecular weight excluding hydrogens is 335 g/mol. The highest BCUT2D eigenvalue weighted by molar-refractivity contribution is 5.94. The van der Waals surface area contributed by atoms with Crippen LogP contribution >= 0.6 is 0 Å². The van der Waals surface area contributed by atoms with Crippen LogP contribution in [0.25, 0.3) is 0 Å². The van der Waals surface area contributed by atoms with Gasteiger partial charge in [-0.3, -0.25) is 9.69 Å². The summed E-state index contributed by atoms with van der Waals surface area (Å²) in [7, 11) is 0. The number of nitrogens with zero attached hydrogens (tertiary/aromatic N) is 4. The van der Waals surface area contributed by atoms with Gasteiger partial charge in [0.05, 0.1) is 6.54 Å². The van der Waals surface area contributed by atoms with Crippen LogP contribution < -0.4 is 0 Å². The van der Waals surface area contributed by atoms with Gasteiger partial charge in [0.1, 0.15) is 5.82 Å². The van der Waals surface area contributed by atoms with Crippen molar-refractivity contribution in [1.29, 1.82) is 0 Å². The van der Waals surface area contributed by atoms with Crippen LogP contribution in [0.2, 0.25) is 0 Å². The zero-order valence-corrected chi connectivity index (χ0v) is 15.2. The molecule has 0 unspecified atom stereocenters. The van der Waals surface area contributed by atoms with E-state index >= 15 is 0 Å². The van der Waals surface area contributed by atoms with E-state index in [-0.39, 0.29) is 11.7 Å². The van der Waals surface area contributed by atoms with E-state index in [0.29, 0.717) is 31.1 Å². The smallest absolute Gasteiger partial charge is 0.254 e. The van der Waals surface area contributed by atoms with Crippen molar-refractivity contribution in [2.75, 3.05) is 26.2 Å². The van der Waals surface area contributed by atoms with Crippen molar-refractivity contribution in [2.45, 2.75) is 39.2 Å². The third kappa shape index (κ3) is 4.88. The number of hydrogen-bond acceptors (Lipinski definition) is 5. The molecule has 0 saturated carbocycles. The summed E-state index contributed by atoms with van der Waals surface area (Å²) < 4.78 is 18.7. The minimum atomic E-state index is -0.387. The molecule has 26 heavy (non-hydrogen) atoms. The molecule has 0 aliphatic carbocycles. The standard InChI is InChI=1S/C19H25FN4O2/c1-2-3-8-17-21-18(26-22-17)14-23-9-5-10-24(12-11-23)19(25)15-6-4-7-16(20)13-15/h4,6-7,13H,2-3,5,8-12,14H2,1H3. The SMILES string of the molecule is CCCCc1noc(CN2CCCN(C(=O)c3cccc(F)c3)CC2)n1. The van der Waals surface area contributed by atoms with Crippen LogP contribution in [-0.2, 0) is 13.0 Å². The molecule has 0 radical (unpaired) electrons. The van der Waals surface area contributed by atoms with Crippen molar-refractivity contribution in [1.82, 2.24) is 19.9 Å². The summed E-state index contributed by atoms with van der Waals surface area (Å²) in [5.41, 5.74) is 0.399. The third-order valence-corrected chi connectivity index (χ3v) is 4.57. The number of benzene rings is 1. The second-order valence-electron chi connectivity index (χ2n) is 6.64. The van der Waals surface area contributed by atoms with Gasteiger partial charge in [0, 0.05) is 38.2 Å². The first-order valence-electron chi connectivity index (χ1n) is 9.24. The topological polar surface area (TPSA) is 62.5 Å².